The van der Waals surface area contributed by atoms with Crippen molar-refractivity contribution in [1.82, 2.24) is 14.3 Å². The quantitative estimate of drug-likeness (QED) is 0.790. The molecule has 26 heavy (non-hydrogen) atoms. The maximum absolute atomic E-state index is 12.2. The van der Waals surface area contributed by atoms with Gasteiger partial charge < -0.3 is 4.74 Å². The Morgan fingerprint density at radius 2 is 1.88 bits per heavy atom. The topological polar surface area (TPSA) is 92.7 Å². The van der Waals surface area contributed by atoms with Crippen LogP contribution in [0.3, 0.4) is 0 Å². The van der Waals surface area contributed by atoms with Gasteiger partial charge in [-0.1, -0.05) is 13.8 Å². The number of carbonyl (C=O) groups is 1. The lowest BCUT2D eigenvalue weighted by Gasteiger charge is -2.30. The first-order valence-corrected chi connectivity index (χ1v) is 10.8. The third kappa shape index (κ3) is 3.83. The van der Waals surface area contributed by atoms with Crippen LogP contribution < -0.4 is 4.90 Å². The number of aryl methyl sites for hydroxylation is 1. The summed E-state index contributed by atoms with van der Waals surface area (Å²) in [4.78, 5) is 23.0. The number of anilines is 1. The molecule has 2 aliphatic heterocycles. The third-order valence-electron chi connectivity index (χ3n) is 5.07. The number of nitrogens with zero attached hydrogens (tertiary/aromatic N) is 4. The molecule has 2 saturated heterocycles. The fraction of sp³-hybridized carbons (Fsp3) is 0.706. The molecule has 8 nitrogen and oxygen atoms in total. The Balaban J connectivity index is 1.84. The van der Waals surface area contributed by atoms with Crippen LogP contribution in [-0.2, 0) is 14.8 Å². The number of carbonyl (C=O) groups excluding carboxylic acids is 1. The maximum atomic E-state index is 12.2. The second-order valence-electron chi connectivity index (χ2n) is 7.42. The molecule has 0 spiro atoms. The maximum Gasteiger partial charge on any atom is 0.415 e. The van der Waals surface area contributed by atoms with E-state index in [1.165, 1.54) is 10.6 Å². The van der Waals surface area contributed by atoms with Crippen LogP contribution in [0.15, 0.2) is 6.07 Å². The SMILES string of the molecule is Cc1cc(N2C(=O)OC[C@@H]2C(C)C)nc(C2CCN(S(C)(=O)=O)CC2)n1. The van der Waals surface area contributed by atoms with E-state index in [0.717, 1.165) is 5.69 Å². The summed E-state index contributed by atoms with van der Waals surface area (Å²) in [5, 5.41) is 0. The predicted octanol–water partition coefficient (Wildman–Crippen LogP) is 1.91. The van der Waals surface area contributed by atoms with Gasteiger partial charge in [-0.15, -0.1) is 0 Å². The fourth-order valence-corrected chi connectivity index (χ4v) is 4.39. The van der Waals surface area contributed by atoms with Crippen molar-refractivity contribution >= 4 is 21.9 Å². The molecule has 3 rings (SSSR count). The molecular weight excluding hydrogens is 356 g/mol. The summed E-state index contributed by atoms with van der Waals surface area (Å²) in [6, 6.07) is 1.76. The molecule has 9 heteroatoms. The Hall–Kier alpha value is -1.74. The second kappa shape index (κ2) is 7.11. The molecular formula is C17H26N4O4S. The van der Waals surface area contributed by atoms with Gasteiger partial charge in [0.1, 0.15) is 18.2 Å². The van der Waals surface area contributed by atoms with Crippen molar-refractivity contribution in [2.45, 2.75) is 45.6 Å². The van der Waals surface area contributed by atoms with E-state index in [1.54, 1.807) is 11.0 Å². The van der Waals surface area contributed by atoms with E-state index in [0.29, 0.717) is 44.2 Å². The number of sulfonamides is 1. The first-order valence-electron chi connectivity index (χ1n) is 8.93. The fourth-order valence-electron chi connectivity index (χ4n) is 3.52. The van der Waals surface area contributed by atoms with Crippen molar-refractivity contribution in [3.63, 3.8) is 0 Å². The van der Waals surface area contributed by atoms with Crippen LogP contribution in [0, 0.1) is 12.8 Å². The van der Waals surface area contributed by atoms with Gasteiger partial charge in [0.2, 0.25) is 10.0 Å². The highest BCUT2D eigenvalue weighted by atomic mass is 32.2. The number of hydrogen-bond donors (Lipinski definition) is 0. The van der Waals surface area contributed by atoms with Crippen molar-refractivity contribution < 1.29 is 17.9 Å². The summed E-state index contributed by atoms with van der Waals surface area (Å²) in [6.07, 6.45) is 2.21. The Labute approximate surface area is 154 Å². The van der Waals surface area contributed by atoms with Crippen LogP contribution in [0.1, 0.15) is 44.1 Å². The summed E-state index contributed by atoms with van der Waals surface area (Å²) in [6.45, 7) is 7.28. The largest absolute Gasteiger partial charge is 0.447 e. The van der Waals surface area contributed by atoms with Gasteiger partial charge in [0.05, 0.1) is 12.3 Å². The van der Waals surface area contributed by atoms with E-state index in [9.17, 15) is 13.2 Å². The third-order valence-corrected chi connectivity index (χ3v) is 6.37. The molecule has 0 aromatic carbocycles. The van der Waals surface area contributed by atoms with Gasteiger partial charge in [0, 0.05) is 30.8 Å². The normalized spacial score (nSPS) is 22.9. The van der Waals surface area contributed by atoms with E-state index in [-0.39, 0.29) is 24.0 Å². The van der Waals surface area contributed by atoms with Gasteiger partial charge in [-0.3, -0.25) is 4.90 Å². The molecule has 3 heterocycles. The molecule has 2 fully saturated rings. The van der Waals surface area contributed by atoms with Crippen molar-refractivity contribution in [1.29, 1.82) is 0 Å². The minimum absolute atomic E-state index is 0.0447. The van der Waals surface area contributed by atoms with E-state index < -0.39 is 10.0 Å². The van der Waals surface area contributed by atoms with Gasteiger partial charge in [-0.25, -0.2) is 27.5 Å². The molecule has 1 aromatic rings. The molecule has 0 radical (unpaired) electrons. The number of piperidine rings is 1. The summed E-state index contributed by atoms with van der Waals surface area (Å²) in [5.41, 5.74) is 0.790. The van der Waals surface area contributed by atoms with Crippen molar-refractivity contribution in [3.8, 4) is 0 Å². The average Bonchev–Trinajstić information content (AvgIpc) is 2.95. The van der Waals surface area contributed by atoms with Crippen LogP contribution in [0.2, 0.25) is 0 Å². The molecule has 144 valence electrons. The van der Waals surface area contributed by atoms with Crippen molar-refractivity contribution in [3.05, 3.63) is 17.6 Å². The number of cyclic esters (lactones) is 1. The lowest BCUT2D eigenvalue weighted by molar-refractivity contribution is 0.177. The predicted molar refractivity (Wildman–Crippen MR) is 97.6 cm³/mol. The molecule has 1 aromatic heterocycles. The highest BCUT2D eigenvalue weighted by molar-refractivity contribution is 7.88. The molecule has 0 saturated carbocycles. The van der Waals surface area contributed by atoms with E-state index >= 15 is 0 Å². The lowest BCUT2D eigenvalue weighted by Crippen LogP contribution is -2.39. The Kier molecular flexibility index (Phi) is 5.21. The zero-order valence-corrected chi connectivity index (χ0v) is 16.5. The summed E-state index contributed by atoms with van der Waals surface area (Å²) in [7, 11) is -3.16. The van der Waals surface area contributed by atoms with E-state index in [2.05, 4.69) is 23.8 Å². The van der Waals surface area contributed by atoms with E-state index in [4.69, 9.17) is 4.74 Å². The molecule has 0 unspecified atom stereocenters. The van der Waals surface area contributed by atoms with Crippen molar-refractivity contribution in [2.75, 3.05) is 30.9 Å². The average molecular weight is 382 g/mol. The standard InChI is InChI=1S/C17H26N4O4S/c1-11(2)14-10-25-17(22)21(14)15-9-12(3)18-16(19-15)13-5-7-20(8-6-13)26(4,23)24/h9,11,13-14H,5-8,10H2,1-4H3/t14-/m1/s1. The molecule has 0 N–H and O–H groups in total. The van der Waals surface area contributed by atoms with Crippen LogP contribution >= 0.6 is 0 Å². The number of rotatable bonds is 4. The smallest absolute Gasteiger partial charge is 0.415 e. The molecule has 1 atom stereocenters. The second-order valence-corrected chi connectivity index (χ2v) is 9.40. The summed E-state index contributed by atoms with van der Waals surface area (Å²) < 4.78 is 30.1. The zero-order chi connectivity index (χ0) is 19.1. The number of ether oxygens (including phenoxy) is 1. The molecule has 0 aliphatic carbocycles. The highest BCUT2D eigenvalue weighted by Gasteiger charge is 2.38. The Morgan fingerprint density at radius 1 is 1.23 bits per heavy atom. The summed E-state index contributed by atoms with van der Waals surface area (Å²) >= 11 is 0. The molecule has 1 amide bonds. The monoisotopic (exact) mass is 382 g/mol. The van der Waals surface area contributed by atoms with Gasteiger partial charge in [-0.2, -0.15) is 0 Å². The molecule has 2 aliphatic rings. The summed E-state index contributed by atoms with van der Waals surface area (Å²) in [5.74, 6) is 1.58. The number of aromatic nitrogens is 2. The van der Waals surface area contributed by atoms with Gasteiger partial charge in [-0.05, 0) is 25.7 Å². The van der Waals surface area contributed by atoms with Crippen molar-refractivity contribution in [2.24, 2.45) is 5.92 Å². The van der Waals surface area contributed by atoms with Gasteiger partial charge in [0.15, 0.2) is 0 Å². The minimum atomic E-state index is -3.16. The Bertz CT molecular complexity index is 788. The van der Waals surface area contributed by atoms with Gasteiger partial charge in [0.25, 0.3) is 0 Å². The van der Waals surface area contributed by atoms with Crippen LogP contribution in [-0.4, -0.2) is 60.8 Å². The van der Waals surface area contributed by atoms with Crippen LogP contribution in [0.4, 0.5) is 10.6 Å². The van der Waals surface area contributed by atoms with Crippen LogP contribution in [0.5, 0.6) is 0 Å². The number of hydrogen-bond acceptors (Lipinski definition) is 6. The first-order chi connectivity index (χ1) is 12.2. The Morgan fingerprint density at radius 3 is 2.46 bits per heavy atom. The highest BCUT2D eigenvalue weighted by Crippen LogP contribution is 2.31. The van der Waals surface area contributed by atoms with Gasteiger partial charge >= 0.3 is 6.09 Å². The lowest BCUT2D eigenvalue weighted by atomic mass is 9.97. The first kappa shape index (κ1) is 19.0. The minimum Gasteiger partial charge on any atom is -0.447 e. The zero-order valence-electron chi connectivity index (χ0n) is 15.7. The van der Waals surface area contributed by atoms with E-state index in [1.807, 2.05) is 6.92 Å². The number of amides is 1. The van der Waals surface area contributed by atoms with Crippen LogP contribution in [0.25, 0.3) is 0 Å². The molecule has 0 bridgehead atoms.